The van der Waals surface area contributed by atoms with Crippen molar-refractivity contribution in [3.63, 3.8) is 0 Å². The second kappa shape index (κ2) is 8.26. The van der Waals surface area contributed by atoms with E-state index in [2.05, 4.69) is 26.1 Å². The second-order valence-electron chi connectivity index (χ2n) is 7.94. The number of anilines is 1. The maximum absolute atomic E-state index is 13.0. The molecule has 0 spiro atoms. The minimum atomic E-state index is -0.922. The number of hydrogen-bond acceptors (Lipinski definition) is 5. The normalized spacial score (nSPS) is 22.9. The van der Waals surface area contributed by atoms with Gasteiger partial charge in [0, 0.05) is 30.5 Å². The van der Waals surface area contributed by atoms with Gasteiger partial charge in [-0.3, -0.25) is 29.4 Å². The molecule has 8 heteroatoms. The smallest absolute Gasteiger partial charge is 0.262 e. The minimum Gasteiger partial charge on any atom is -0.371 e. The number of piperidine rings is 2. The fourth-order valence-electron chi connectivity index (χ4n) is 4.50. The zero-order valence-electron chi connectivity index (χ0n) is 16.2. The number of nitrogens with one attached hydrogen (secondary N) is 1. The van der Waals surface area contributed by atoms with Crippen LogP contribution in [0.3, 0.4) is 0 Å². The first kappa shape index (κ1) is 20.1. The molecule has 3 aliphatic heterocycles. The molecule has 3 aliphatic rings. The Morgan fingerprint density at radius 1 is 1.00 bits per heavy atom. The Bertz CT molecular complexity index is 863. The highest BCUT2D eigenvalue weighted by Crippen LogP contribution is 2.32. The summed E-state index contributed by atoms with van der Waals surface area (Å²) in [6, 6.07) is 4.43. The molecule has 29 heavy (non-hydrogen) atoms. The number of carbonyl (C=O) groups excluding carboxylic acids is 4. The zero-order chi connectivity index (χ0) is 20.5. The molecule has 4 amide bonds. The molecule has 1 aromatic rings. The van der Waals surface area contributed by atoms with Gasteiger partial charge in [0.25, 0.3) is 11.8 Å². The van der Waals surface area contributed by atoms with E-state index in [4.69, 9.17) is 0 Å². The third-order valence-electron chi connectivity index (χ3n) is 6.15. The lowest BCUT2D eigenvalue weighted by atomic mass is 9.92. The van der Waals surface area contributed by atoms with Crippen LogP contribution in [0.15, 0.2) is 18.2 Å². The van der Waals surface area contributed by atoms with Crippen molar-refractivity contribution < 1.29 is 19.2 Å². The van der Waals surface area contributed by atoms with Crippen LogP contribution in [0.2, 0.25) is 0 Å². The summed E-state index contributed by atoms with van der Waals surface area (Å²) >= 11 is 3.49. The molecule has 1 unspecified atom stereocenters. The summed E-state index contributed by atoms with van der Waals surface area (Å²) in [6.07, 6.45) is 4.97. The molecular formula is C21H24BrN3O4. The van der Waals surface area contributed by atoms with Crippen LogP contribution in [0.1, 0.15) is 59.2 Å². The van der Waals surface area contributed by atoms with E-state index in [0.717, 1.165) is 47.8 Å². The highest BCUT2D eigenvalue weighted by Gasteiger charge is 2.44. The fraction of sp³-hybridized carbons (Fsp3) is 0.524. The van der Waals surface area contributed by atoms with E-state index < -0.39 is 23.8 Å². The van der Waals surface area contributed by atoms with E-state index in [-0.39, 0.29) is 18.7 Å². The number of hydrogen-bond donors (Lipinski definition) is 1. The number of nitrogens with zero attached hydrogens (tertiary/aromatic N) is 2. The summed E-state index contributed by atoms with van der Waals surface area (Å²) in [6.45, 7) is 1.87. The number of rotatable bonds is 5. The Morgan fingerprint density at radius 3 is 2.41 bits per heavy atom. The molecule has 0 aliphatic carbocycles. The molecule has 2 fully saturated rings. The zero-order valence-corrected chi connectivity index (χ0v) is 17.7. The van der Waals surface area contributed by atoms with Crippen molar-refractivity contribution in [3.05, 3.63) is 29.3 Å². The number of imide groups is 2. The first-order chi connectivity index (χ1) is 14.0. The molecule has 3 heterocycles. The monoisotopic (exact) mass is 461 g/mol. The molecule has 1 atom stereocenters. The number of benzene rings is 1. The molecule has 7 nitrogen and oxygen atoms in total. The average Bonchev–Trinajstić information content (AvgIpc) is 2.97. The minimum absolute atomic E-state index is 0.124. The molecule has 1 N–H and O–H groups in total. The standard InChI is InChI=1S/C21H24BrN3O4/c22-9-1-2-13-7-10-24(11-8-13)14-3-4-15-16(12-14)21(29)25(20(15)28)17-5-6-18(26)23-19(17)27/h3-4,12-13,17H,1-2,5-11H2,(H,23,26,27). The first-order valence-corrected chi connectivity index (χ1v) is 11.3. The van der Waals surface area contributed by atoms with Gasteiger partial charge in [0.05, 0.1) is 11.1 Å². The van der Waals surface area contributed by atoms with Crippen LogP contribution in [-0.2, 0) is 9.59 Å². The Balaban J connectivity index is 1.49. The van der Waals surface area contributed by atoms with Crippen molar-refractivity contribution in [3.8, 4) is 0 Å². The number of halogens is 1. The fourth-order valence-corrected chi connectivity index (χ4v) is 4.83. The molecule has 0 radical (unpaired) electrons. The second-order valence-corrected chi connectivity index (χ2v) is 8.73. The van der Waals surface area contributed by atoms with Crippen LogP contribution in [0, 0.1) is 5.92 Å². The lowest BCUT2D eigenvalue weighted by Gasteiger charge is -2.33. The molecule has 2 saturated heterocycles. The van der Waals surface area contributed by atoms with Crippen LogP contribution in [0.4, 0.5) is 5.69 Å². The van der Waals surface area contributed by atoms with Gasteiger partial charge in [-0.15, -0.1) is 0 Å². The van der Waals surface area contributed by atoms with E-state index in [9.17, 15) is 19.2 Å². The Labute approximate surface area is 177 Å². The van der Waals surface area contributed by atoms with Gasteiger partial charge in [-0.25, -0.2) is 0 Å². The molecule has 0 saturated carbocycles. The van der Waals surface area contributed by atoms with Gasteiger partial charge in [0.2, 0.25) is 11.8 Å². The highest BCUT2D eigenvalue weighted by atomic mass is 79.9. The van der Waals surface area contributed by atoms with Crippen LogP contribution in [0.25, 0.3) is 0 Å². The van der Waals surface area contributed by atoms with Gasteiger partial charge < -0.3 is 4.90 Å². The number of alkyl halides is 1. The Kier molecular flexibility index (Phi) is 5.72. The predicted octanol–water partition coefficient (Wildman–Crippen LogP) is 2.48. The van der Waals surface area contributed by atoms with Crippen LogP contribution in [0.5, 0.6) is 0 Å². The Morgan fingerprint density at radius 2 is 1.72 bits per heavy atom. The molecular weight excluding hydrogens is 438 g/mol. The predicted molar refractivity (Wildman–Crippen MR) is 111 cm³/mol. The van der Waals surface area contributed by atoms with E-state index in [0.29, 0.717) is 11.1 Å². The van der Waals surface area contributed by atoms with Gasteiger partial charge in [0.1, 0.15) is 6.04 Å². The average molecular weight is 462 g/mol. The van der Waals surface area contributed by atoms with E-state index in [1.807, 2.05) is 6.07 Å². The highest BCUT2D eigenvalue weighted by molar-refractivity contribution is 9.09. The third kappa shape index (κ3) is 3.82. The van der Waals surface area contributed by atoms with E-state index in [1.54, 1.807) is 12.1 Å². The van der Waals surface area contributed by atoms with E-state index in [1.165, 1.54) is 12.8 Å². The summed E-state index contributed by atoms with van der Waals surface area (Å²) in [7, 11) is 0. The summed E-state index contributed by atoms with van der Waals surface area (Å²) < 4.78 is 0. The summed E-state index contributed by atoms with van der Waals surface area (Å²) in [5.41, 5.74) is 1.61. The maximum Gasteiger partial charge on any atom is 0.262 e. The third-order valence-corrected chi connectivity index (χ3v) is 6.71. The molecule has 4 rings (SSSR count). The van der Waals surface area contributed by atoms with E-state index >= 15 is 0 Å². The van der Waals surface area contributed by atoms with Crippen molar-refractivity contribution in [2.24, 2.45) is 5.92 Å². The SMILES string of the molecule is O=C1CCC(N2C(=O)c3ccc(N4CCC(CCCBr)CC4)cc3C2=O)C(=O)N1. The molecule has 0 bridgehead atoms. The summed E-state index contributed by atoms with van der Waals surface area (Å²) in [5.74, 6) is -1.12. The van der Waals surface area contributed by atoms with Crippen LogP contribution in [-0.4, -0.2) is 53.0 Å². The quantitative estimate of drug-likeness (QED) is 0.537. The van der Waals surface area contributed by atoms with Gasteiger partial charge in [-0.2, -0.15) is 0 Å². The van der Waals surface area contributed by atoms with Crippen molar-refractivity contribution in [2.75, 3.05) is 23.3 Å². The van der Waals surface area contributed by atoms with Crippen LogP contribution >= 0.6 is 15.9 Å². The topological polar surface area (TPSA) is 86.8 Å². The van der Waals surface area contributed by atoms with Gasteiger partial charge in [0.15, 0.2) is 0 Å². The van der Waals surface area contributed by atoms with Crippen molar-refractivity contribution in [2.45, 2.75) is 44.6 Å². The van der Waals surface area contributed by atoms with Crippen molar-refractivity contribution in [1.82, 2.24) is 10.2 Å². The van der Waals surface area contributed by atoms with Crippen molar-refractivity contribution >= 4 is 45.2 Å². The molecule has 154 valence electrons. The van der Waals surface area contributed by atoms with Gasteiger partial charge >= 0.3 is 0 Å². The summed E-state index contributed by atoms with van der Waals surface area (Å²) in [4.78, 5) is 52.6. The number of carbonyl (C=O) groups is 4. The van der Waals surface area contributed by atoms with Crippen molar-refractivity contribution in [1.29, 1.82) is 0 Å². The first-order valence-electron chi connectivity index (χ1n) is 10.2. The molecule has 0 aromatic heterocycles. The lowest BCUT2D eigenvalue weighted by molar-refractivity contribution is -0.136. The maximum atomic E-state index is 13.0. The number of fused-ring (bicyclic) bond motifs is 1. The largest absolute Gasteiger partial charge is 0.371 e. The molecule has 1 aromatic carbocycles. The number of amides is 4. The van der Waals surface area contributed by atoms with Crippen LogP contribution < -0.4 is 10.2 Å². The summed E-state index contributed by atoms with van der Waals surface area (Å²) in [5, 5.41) is 3.26. The van der Waals surface area contributed by atoms with Gasteiger partial charge in [-0.05, 0) is 56.2 Å². The van der Waals surface area contributed by atoms with Gasteiger partial charge in [-0.1, -0.05) is 15.9 Å². The lowest BCUT2D eigenvalue weighted by Crippen LogP contribution is -2.54. The Hall–Kier alpha value is -2.22.